The van der Waals surface area contributed by atoms with Crippen molar-refractivity contribution in [2.24, 2.45) is 24.9 Å². The van der Waals surface area contributed by atoms with Crippen LogP contribution in [0.5, 0.6) is 0 Å². The number of fused-ring (bicyclic) bond motifs is 4. The first-order valence-corrected chi connectivity index (χ1v) is 22.3. The highest BCUT2D eigenvalue weighted by Gasteiger charge is 2.57. The van der Waals surface area contributed by atoms with Gasteiger partial charge in [-0.3, -0.25) is 24.2 Å². The van der Waals surface area contributed by atoms with E-state index >= 15 is 0 Å². The lowest BCUT2D eigenvalue weighted by Gasteiger charge is -2.32. The molecule has 2 bridgehead atoms. The number of benzene rings is 3. The van der Waals surface area contributed by atoms with Crippen LogP contribution in [0.15, 0.2) is 60.7 Å². The maximum atomic E-state index is 13.8. The van der Waals surface area contributed by atoms with Crippen LogP contribution in [0.1, 0.15) is 98.5 Å². The molecule has 5 aromatic rings. The van der Waals surface area contributed by atoms with Gasteiger partial charge in [0.1, 0.15) is 0 Å². The van der Waals surface area contributed by atoms with Crippen LogP contribution in [0.4, 0.5) is 11.4 Å². The third-order valence-electron chi connectivity index (χ3n) is 14.2. The van der Waals surface area contributed by atoms with E-state index in [4.69, 9.17) is 33.2 Å². The number of nitrogens with zero attached hydrogens (tertiary/aromatic N) is 6. The monoisotopic (exact) mass is 892 g/mol. The summed E-state index contributed by atoms with van der Waals surface area (Å²) in [6.45, 7) is 4.52. The molecule has 0 atom stereocenters. The summed E-state index contributed by atoms with van der Waals surface area (Å²) in [7, 11) is 3.70. The molecule has 3 aromatic carbocycles. The average Bonchev–Trinajstić information content (AvgIpc) is 4.04. The molecule has 0 radical (unpaired) electrons. The Morgan fingerprint density at radius 3 is 1.68 bits per heavy atom. The zero-order chi connectivity index (χ0) is 44.2. The third-order valence-corrected chi connectivity index (χ3v) is 15.0. The number of carboxylic acid groups (broad SMARTS) is 2. The van der Waals surface area contributed by atoms with Crippen LogP contribution in [-0.4, -0.2) is 89.0 Å². The number of aliphatic carboxylic acids is 1. The summed E-state index contributed by atoms with van der Waals surface area (Å²) in [5.41, 5.74) is 6.57. The Bertz CT molecular complexity index is 2650. The average molecular weight is 894 g/mol. The highest BCUT2D eigenvalue weighted by molar-refractivity contribution is 6.40. The van der Waals surface area contributed by atoms with Gasteiger partial charge in [-0.25, -0.2) is 14.8 Å². The Hall–Kier alpha value is -5.54. The number of halogens is 2. The molecule has 4 aliphatic rings. The second-order valence-electron chi connectivity index (χ2n) is 17.8. The molecule has 4 heterocycles. The normalized spacial score (nSPS) is 20.6. The lowest BCUT2D eigenvalue weighted by Crippen LogP contribution is -2.34. The molecule has 2 amide bonds. The fraction of sp³-hybridized carbons (Fsp3) is 0.404. The number of carbonyl (C=O) groups excluding carboxylic acids is 2. The number of hydrogen-bond donors (Lipinski definition) is 4. The van der Waals surface area contributed by atoms with Crippen molar-refractivity contribution in [3.63, 3.8) is 0 Å². The molecule has 0 spiro atoms. The predicted octanol–water partition coefficient (Wildman–Crippen LogP) is 7.71. The van der Waals surface area contributed by atoms with E-state index in [-0.39, 0.29) is 32.7 Å². The lowest BCUT2D eigenvalue weighted by molar-refractivity contribution is -0.148. The number of hydrogen-bond acceptors (Lipinski definition) is 8. The molecule has 2 aromatic heterocycles. The van der Waals surface area contributed by atoms with Crippen molar-refractivity contribution in [2.45, 2.75) is 70.9 Å². The Morgan fingerprint density at radius 2 is 1.21 bits per heavy atom. The standard InChI is InChI=1S/C47H50Cl2N8O6/c1-54-36-14-22-56(21-13-28-9-11-29(12-10-28)44(60)61)25-34(36)50-40(54)42(58)52-32-7-3-5-30(38(32)48)31-6-4-8-33(39(31)49)53-43(59)41-51-35-26-57(23-15-37(35)55(41)2)24-20-46-16-18-47(27-46,19-17-46)45(62)63/h3-12H,13-27H2,1-2H3,(H,52,58)(H,53,59)(H,60,61)(H,62,63). The van der Waals surface area contributed by atoms with Gasteiger partial charge in [-0.15, -0.1) is 0 Å². The van der Waals surface area contributed by atoms with E-state index < -0.39 is 29.2 Å². The smallest absolute Gasteiger partial charge is 0.335 e. The van der Waals surface area contributed by atoms with Crippen LogP contribution in [0.3, 0.4) is 0 Å². The van der Waals surface area contributed by atoms with E-state index in [1.807, 2.05) is 35.4 Å². The second-order valence-corrected chi connectivity index (χ2v) is 18.6. The number of aromatic carboxylic acids is 1. The first kappa shape index (κ1) is 42.7. The van der Waals surface area contributed by atoms with Crippen LogP contribution in [0, 0.1) is 10.8 Å². The van der Waals surface area contributed by atoms with E-state index in [1.54, 1.807) is 48.5 Å². The third kappa shape index (κ3) is 8.14. The highest BCUT2D eigenvalue weighted by atomic mass is 35.5. The van der Waals surface area contributed by atoms with Crippen LogP contribution in [-0.2, 0) is 51.2 Å². The minimum Gasteiger partial charge on any atom is -0.481 e. The summed E-state index contributed by atoms with van der Waals surface area (Å²) >= 11 is 14.0. The quantitative estimate of drug-likeness (QED) is 0.0917. The molecule has 0 unspecified atom stereocenters. The van der Waals surface area contributed by atoms with E-state index in [0.29, 0.717) is 35.6 Å². The molecule has 14 nitrogen and oxygen atoms in total. The molecule has 9 rings (SSSR count). The van der Waals surface area contributed by atoms with Crippen LogP contribution in [0.2, 0.25) is 10.0 Å². The summed E-state index contributed by atoms with van der Waals surface area (Å²) in [6.07, 6.45) is 7.55. The van der Waals surface area contributed by atoms with Gasteiger partial charge in [0.05, 0.1) is 43.8 Å². The molecular formula is C47H50Cl2N8O6. The first-order chi connectivity index (χ1) is 30.2. The molecular weight excluding hydrogens is 843 g/mol. The molecule has 63 heavy (non-hydrogen) atoms. The second kappa shape index (κ2) is 16.9. The number of aromatic nitrogens is 4. The van der Waals surface area contributed by atoms with Gasteiger partial charge in [0.2, 0.25) is 0 Å². The largest absolute Gasteiger partial charge is 0.481 e. The summed E-state index contributed by atoms with van der Waals surface area (Å²) in [5, 5.41) is 25.5. The van der Waals surface area contributed by atoms with E-state index in [2.05, 4.69) is 20.4 Å². The molecule has 0 saturated heterocycles. The molecule has 2 fully saturated rings. The van der Waals surface area contributed by atoms with Gasteiger partial charge >= 0.3 is 11.9 Å². The van der Waals surface area contributed by atoms with Crippen LogP contribution < -0.4 is 10.6 Å². The molecule has 2 aliphatic carbocycles. The zero-order valence-corrected chi connectivity index (χ0v) is 36.9. The van der Waals surface area contributed by atoms with E-state index in [1.165, 1.54) is 0 Å². The topological polar surface area (TPSA) is 175 Å². The predicted molar refractivity (Wildman–Crippen MR) is 239 cm³/mol. The van der Waals surface area contributed by atoms with Crippen molar-refractivity contribution in [2.75, 3.05) is 36.8 Å². The Morgan fingerprint density at radius 1 is 0.698 bits per heavy atom. The molecule has 328 valence electrons. The summed E-state index contributed by atoms with van der Waals surface area (Å²) in [6, 6.07) is 17.5. The van der Waals surface area contributed by atoms with Gasteiger partial charge < -0.3 is 30.0 Å². The number of rotatable bonds is 13. The number of carbonyl (C=O) groups is 4. The lowest BCUT2D eigenvalue weighted by atomic mass is 9.80. The number of nitrogens with one attached hydrogen (secondary N) is 2. The van der Waals surface area contributed by atoms with Crippen molar-refractivity contribution in [3.05, 3.63) is 116 Å². The number of imidazole rings is 2. The molecule has 2 aliphatic heterocycles. The Kier molecular flexibility index (Phi) is 11.4. The fourth-order valence-electron chi connectivity index (χ4n) is 10.4. The highest BCUT2D eigenvalue weighted by Crippen LogP contribution is 2.63. The first-order valence-electron chi connectivity index (χ1n) is 21.5. The van der Waals surface area contributed by atoms with Gasteiger partial charge in [0, 0.05) is 82.2 Å². The van der Waals surface area contributed by atoms with Crippen molar-refractivity contribution < 1.29 is 29.4 Å². The summed E-state index contributed by atoms with van der Waals surface area (Å²) in [5.74, 6) is -1.82. The number of anilines is 2. The van der Waals surface area contributed by atoms with Crippen LogP contribution in [0.25, 0.3) is 11.1 Å². The van der Waals surface area contributed by atoms with Gasteiger partial charge in [0.15, 0.2) is 11.6 Å². The van der Waals surface area contributed by atoms with Gasteiger partial charge in [-0.2, -0.15) is 0 Å². The maximum absolute atomic E-state index is 13.8. The van der Waals surface area contributed by atoms with Crippen molar-refractivity contribution in [1.82, 2.24) is 28.9 Å². The zero-order valence-electron chi connectivity index (χ0n) is 35.3. The van der Waals surface area contributed by atoms with Crippen molar-refractivity contribution in [3.8, 4) is 11.1 Å². The van der Waals surface area contributed by atoms with Gasteiger partial charge in [-0.1, -0.05) is 59.6 Å². The Labute approximate surface area is 375 Å². The van der Waals surface area contributed by atoms with E-state index in [9.17, 15) is 29.4 Å². The van der Waals surface area contributed by atoms with Crippen molar-refractivity contribution >= 4 is 58.3 Å². The Balaban J connectivity index is 0.838. The summed E-state index contributed by atoms with van der Waals surface area (Å²) in [4.78, 5) is 65.0. The molecule has 4 N–H and O–H groups in total. The number of carboxylic acids is 2. The van der Waals surface area contributed by atoms with Gasteiger partial charge in [-0.05, 0) is 86.7 Å². The van der Waals surface area contributed by atoms with Crippen LogP contribution >= 0.6 is 23.2 Å². The fourth-order valence-corrected chi connectivity index (χ4v) is 11.0. The SMILES string of the molecule is Cn1c(C(=O)Nc2cccc(-c3cccc(NC(=O)c4nc5c(n4C)CCN(CCC46CCC(C(=O)O)(CC4)C6)C5)c3Cl)c2Cl)nc2c1CCN(CCc1ccc(C(=O)O)cc1)C2. The molecule has 2 saturated carbocycles. The molecule has 16 heteroatoms. The minimum absolute atomic E-state index is 0.121. The van der Waals surface area contributed by atoms with E-state index in [0.717, 1.165) is 112 Å². The summed E-state index contributed by atoms with van der Waals surface area (Å²) < 4.78 is 3.69. The van der Waals surface area contributed by atoms with Gasteiger partial charge in [0.25, 0.3) is 11.8 Å². The number of amides is 2. The van der Waals surface area contributed by atoms with Crippen molar-refractivity contribution in [1.29, 1.82) is 0 Å². The minimum atomic E-state index is -0.946. The maximum Gasteiger partial charge on any atom is 0.335 e.